The molecule has 0 spiro atoms. The fourth-order valence-corrected chi connectivity index (χ4v) is 5.81. The quantitative estimate of drug-likeness (QED) is 0.275. The SMILES string of the molecule is CCCCCCCCCCCCC(O)COc1ccccc1[I+]c1ccccc1. The summed E-state index contributed by atoms with van der Waals surface area (Å²) in [5.74, 6) is 0.936. The van der Waals surface area contributed by atoms with Crippen LogP contribution in [0, 0.1) is 7.14 Å². The minimum Gasteiger partial charge on any atom is -0.486 e. The fourth-order valence-electron chi connectivity index (χ4n) is 3.37. The molecule has 0 aliphatic rings. The van der Waals surface area contributed by atoms with E-state index in [1.807, 2.05) is 12.1 Å². The molecule has 0 saturated heterocycles. The van der Waals surface area contributed by atoms with Crippen molar-refractivity contribution in [2.75, 3.05) is 6.61 Å². The molecule has 2 aromatic carbocycles. The zero-order chi connectivity index (χ0) is 20.6. The lowest BCUT2D eigenvalue weighted by Gasteiger charge is -2.12. The molecule has 2 rings (SSSR count). The van der Waals surface area contributed by atoms with Crippen LogP contribution in [0.1, 0.15) is 77.6 Å². The maximum Gasteiger partial charge on any atom is 0.362 e. The first kappa shape index (κ1) is 24.2. The van der Waals surface area contributed by atoms with Gasteiger partial charge in [-0.1, -0.05) is 101 Å². The molecule has 29 heavy (non-hydrogen) atoms. The average Bonchev–Trinajstić information content (AvgIpc) is 2.75. The molecule has 160 valence electrons. The summed E-state index contributed by atoms with van der Waals surface area (Å²) in [6.45, 7) is 2.66. The summed E-state index contributed by atoms with van der Waals surface area (Å²) in [6, 6.07) is 18.9. The zero-order valence-corrected chi connectivity index (χ0v) is 20.1. The fraction of sp³-hybridized carbons (Fsp3) is 0.538. The van der Waals surface area contributed by atoms with Gasteiger partial charge in [0.2, 0.25) is 3.57 Å². The molecule has 0 aliphatic carbocycles. The van der Waals surface area contributed by atoms with Crippen LogP contribution in [0.4, 0.5) is 0 Å². The highest BCUT2D eigenvalue weighted by Gasteiger charge is 2.20. The number of halogens is 1. The number of rotatable bonds is 16. The van der Waals surface area contributed by atoms with E-state index < -0.39 is 0 Å². The third-order valence-corrected chi connectivity index (χ3v) is 7.92. The van der Waals surface area contributed by atoms with E-state index in [0.29, 0.717) is 6.61 Å². The van der Waals surface area contributed by atoms with Crippen molar-refractivity contribution >= 4 is 0 Å². The van der Waals surface area contributed by atoms with Crippen molar-refractivity contribution in [2.24, 2.45) is 0 Å². The number of hydrogen-bond acceptors (Lipinski definition) is 2. The van der Waals surface area contributed by atoms with Crippen molar-refractivity contribution in [3.8, 4) is 5.75 Å². The second kappa shape index (κ2) is 15.7. The second-order valence-electron chi connectivity index (χ2n) is 7.76. The smallest absolute Gasteiger partial charge is 0.362 e. The third kappa shape index (κ3) is 11.0. The highest BCUT2D eigenvalue weighted by atomic mass is 127. The summed E-state index contributed by atoms with van der Waals surface area (Å²) in [7, 11) is 0. The number of hydrogen-bond donors (Lipinski definition) is 1. The van der Waals surface area contributed by atoms with Crippen molar-refractivity contribution in [3.05, 3.63) is 61.7 Å². The number of ether oxygens (including phenoxy) is 1. The van der Waals surface area contributed by atoms with E-state index in [2.05, 4.69) is 49.4 Å². The molecule has 2 nitrogen and oxygen atoms in total. The van der Waals surface area contributed by atoms with E-state index in [1.165, 1.54) is 64.9 Å². The van der Waals surface area contributed by atoms with E-state index in [9.17, 15) is 5.11 Å². The van der Waals surface area contributed by atoms with E-state index in [0.717, 1.165) is 18.6 Å². The van der Waals surface area contributed by atoms with Crippen LogP contribution in [0.25, 0.3) is 0 Å². The molecule has 0 radical (unpaired) electrons. The molecule has 0 aromatic heterocycles. The van der Waals surface area contributed by atoms with Crippen molar-refractivity contribution in [1.82, 2.24) is 0 Å². The molecule has 0 saturated carbocycles. The van der Waals surface area contributed by atoms with Crippen LogP contribution in [0.2, 0.25) is 0 Å². The standard InChI is InChI=1S/C26H38IO2/c1-2-3-4-5-6-7-8-9-10-14-19-24(28)22-29-26-21-16-15-20-25(26)27-23-17-12-11-13-18-23/h11-13,15-18,20-21,24,28H,2-10,14,19,22H2,1H3/q+1. The number of aliphatic hydroxyl groups is 1. The van der Waals surface area contributed by atoms with Gasteiger partial charge < -0.3 is 9.84 Å². The van der Waals surface area contributed by atoms with Crippen LogP contribution in [0.15, 0.2) is 54.6 Å². The molecule has 0 amide bonds. The Morgan fingerprint density at radius 2 is 1.34 bits per heavy atom. The second-order valence-corrected chi connectivity index (χ2v) is 10.7. The van der Waals surface area contributed by atoms with Gasteiger partial charge in [-0.05, 0) is 30.7 Å². The summed E-state index contributed by atoms with van der Waals surface area (Å²) < 4.78 is 8.65. The summed E-state index contributed by atoms with van der Waals surface area (Å²) in [4.78, 5) is 0. The minimum absolute atomic E-state index is 0.258. The molecule has 0 aliphatic heterocycles. The highest BCUT2D eigenvalue weighted by Crippen LogP contribution is 2.13. The Morgan fingerprint density at radius 1 is 0.759 bits per heavy atom. The van der Waals surface area contributed by atoms with E-state index in [4.69, 9.17) is 4.74 Å². The van der Waals surface area contributed by atoms with Crippen molar-refractivity contribution in [1.29, 1.82) is 0 Å². The van der Waals surface area contributed by atoms with E-state index in [1.54, 1.807) is 0 Å². The molecule has 1 unspecified atom stereocenters. The number of para-hydroxylation sites is 1. The van der Waals surface area contributed by atoms with Gasteiger partial charge in [0.05, 0.1) is 6.10 Å². The van der Waals surface area contributed by atoms with Crippen LogP contribution < -0.4 is 25.9 Å². The van der Waals surface area contributed by atoms with Gasteiger partial charge in [-0.2, -0.15) is 0 Å². The van der Waals surface area contributed by atoms with E-state index in [-0.39, 0.29) is 27.3 Å². The summed E-state index contributed by atoms with van der Waals surface area (Å²) in [6.07, 6.45) is 13.7. The maximum absolute atomic E-state index is 10.3. The van der Waals surface area contributed by atoms with E-state index >= 15 is 0 Å². The molecular weight excluding hydrogens is 471 g/mol. The Bertz CT molecular complexity index is 644. The van der Waals surface area contributed by atoms with Crippen LogP contribution in [-0.2, 0) is 0 Å². The van der Waals surface area contributed by atoms with Gasteiger partial charge in [0.15, 0.2) is 9.32 Å². The van der Waals surface area contributed by atoms with Gasteiger partial charge in [-0.3, -0.25) is 0 Å². The zero-order valence-electron chi connectivity index (χ0n) is 18.0. The van der Waals surface area contributed by atoms with Crippen molar-refractivity contribution in [3.63, 3.8) is 0 Å². The molecule has 0 bridgehead atoms. The number of aliphatic hydroxyl groups excluding tert-OH is 1. The predicted octanol–water partition coefficient (Wildman–Crippen LogP) is 3.87. The first-order valence-corrected chi connectivity index (χ1v) is 13.5. The third-order valence-electron chi connectivity index (χ3n) is 5.10. The molecule has 1 atom stereocenters. The molecule has 3 heteroatoms. The Labute approximate surface area is 188 Å². The van der Waals surface area contributed by atoms with Gasteiger partial charge in [0.1, 0.15) is 6.61 Å². The lowest BCUT2D eigenvalue weighted by atomic mass is 10.0. The summed E-state index contributed by atoms with van der Waals surface area (Å²) >= 11 is -0.258. The van der Waals surface area contributed by atoms with Gasteiger partial charge in [0.25, 0.3) is 0 Å². The first-order chi connectivity index (χ1) is 14.3. The van der Waals surface area contributed by atoms with Gasteiger partial charge in [-0.25, -0.2) is 0 Å². The lowest BCUT2D eigenvalue weighted by Crippen LogP contribution is -3.61. The molecule has 2 aromatic rings. The van der Waals surface area contributed by atoms with Gasteiger partial charge in [0, 0.05) is 0 Å². The summed E-state index contributed by atoms with van der Waals surface area (Å²) in [5.41, 5.74) is 0. The monoisotopic (exact) mass is 509 g/mol. The number of unbranched alkanes of at least 4 members (excludes halogenated alkanes) is 9. The lowest BCUT2D eigenvalue weighted by molar-refractivity contribution is -0.598. The van der Waals surface area contributed by atoms with Crippen LogP contribution in [-0.4, -0.2) is 17.8 Å². The van der Waals surface area contributed by atoms with Crippen LogP contribution in [0.5, 0.6) is 5.75 Å². The molecule has 0 heterocycles. The van der Waals surface area contributed by atoms with Crippen LogP contribution in [0.3, 0.4) is 0 Å². The van der Waals surface area contributed by atoms with Crippen molar-refractivity contribution in [2.45, 2.75) is 83.7 Å². The topological polar surface area (TPSA) is 29.5 Å². The minimum atomic E-state index is -0.368. The Balaban J connectivity index is 1.58. The largest absolute Gasteiger partial charge is 0.486 e. The van der Waals surface area contributed by atoms with Crippen LogP contribution >= 0.6 is 0 Å². The maximum atomic E-state index is 10.3. The normalized spacial score (nSPS) is 12.1. The molecular formula is C26H38IO2+. The molecule has 1 N–H and O–H groups in total. The summed E-state index contributed by atoms with van der Waals surface area (Å²) in [5, 5.41) is 10.3. The Morgan fingerprint density at radius 3 is 2.03 bits per heavy atom. The van der Waals surface area contributed by atoms with Crippen molar-refractivity contribution < 1.29 is 31.0 Å². The highest BCUT2D eigenvalue weighted by molar-refractivity contribution is 5.20. The Kier molecular flexibility index (Phi) is 13.1. The Hall–Kier alpha value is -1.07. The van der Waals surface area contributed by atoms with Gasteiger partial charge in [-0.15, -0.1) is 0 Å². The number of benzene rings is 2. The molecule has 0 fully saturated rings. The average molecular weight is 509 g/mol. The predicted molar refractivity (Wildman–Crippen MR) is 118 cm³/mol. The van der Waals surface area contributed by atoms with Gasteiger partial charge >= 0.3 is 21.2 Å². The first-order valence-electron chi connectivity index (χ1n) is 11.4.